The number of nitrogens with zero attached hydrogens (tertiary/aromatic N) is 1. The van der Waals surface area contributed by atoms with E-state index in [2.05, 4.69) is 5.32 Å². The molecule has 0 aliphatic carbocycles. The molecule has 0 atom stereocenters. The predicted molar refractivity (Wildman–Crippen MR) is 98.6 cm³/mol. The van der Waals surface area contributed by atoms with Gasteiger partial charge < -0.3 is 10.1 Å². The summed E-state index contributed by atoms with van der Waals surface area (Å²) in [5, 5.41) is 2.56. The number of alkyl halides is 3. The number of hydrogen-bond acceptors (Lipinski definition) is 4. The van der Waals surface area contributed by atoms with E-state index in [0.717, 1.165) is 24.3 Å². The molecule has 1 aliphatic rings. The molecule has 3 rings (SSSR count). The molecule has 1 saturated heterocycles. The van der Waals surface area contributed by atoms with Gasteiger partial charge in [0.25, 0.3) is 5.91 Å². The molecule has 0 radical (unpaired) electrons. The molecule has 1 N–H and O–H groups in total. The second-order valence-corrected chi connectivity index (χ2v) is 8.29. The first-order chi connectivity index (χ1) is 13.7. The van der Waals surface area contributed by atoms with Crippen LogP contribution in [0.25, 0.3) is 0 Å². The minimum Gasteiger partial charge on any atom is -0.379 e. The topological polar surface area (TPSA) is 75.7 Å². The van der Waals surface area contributed by atoms with E-state index >= 15 is 0 Å². The second kappa shape index (κ2) is 8.52. The van der Waals surface area contributed by atoms with Crippen LogP contribution in [0.2, 0.25) is 0 Å². The van der Waals surface area contributed by atoms with E-state index in [1.54, 1.807) is 18.2 Å². The SMILES string of the molecule is O=C(NCc1ccccc1S(=O)(=O)N1CCOCC1)c1ccc(C(F)(F)F)cc1. The van der Waals surface area contributed by atoms with Crippen molar-refractivity contribution in [1.82, 2.24) is 9.62 Å². The highest BCUT2D eigenvalue weighted by Crippen LogP contribution is 2.29. The number of benzene rings is 2. The monoisotopic (exact) mass is 428 g/mol. The molecule has 1 fully saturated rings. The van der Waals surface area contributed by atoms with Crippen molar-refractivity contribution in [2.24, 2.45) is 0 Å². The average molecular weight is 428 g/mol. The van der Waals surface area contributed by atoms with Gasteiger partial charge >= 0.3 is 6.18 Å². The van der Waals surface area contributed by atoms with Crippen LogP contribution in [0.1, 0.15) is 21.5 Å². The molecular formula is C19H19F3N2O4S. The number of nitrogens with one attached hydrogen (secondary N) is 1. The summed E-state index contributed by atoms with van der Waals surface area (Å²) >= 11 is 0. The maximum atomic E-state index is 12.9. The first-order valence-electron chi connectivity index (χ1n) is 8.81. The molecule has 1 amide bonds. The minimum absolute atomic E-state index is 0.0477. The van der Waals surface area contributed by atoms with Gasteiger partial charge in [-0.15, -0.1) is 0 Å². The van der Waals surface area contributed by atoms with Crippen molar-refractivity contribution in [2.75, 3.05) is 26.3 Å². The largest absolute Gasteiger partial charge is 0.416 e. The summed E-state index contributed by atoms with van der Waals surface area (Å²) in [7, 11) is -3.75. The van der Waals surface area contributed by atoms with Crippen LogP contribution in [0.5, 0.6) is 0 Å². The Kier molecular flexibility index (Phi) is 6.25. The zero-order valence-electron chi connectivity index (χ0n) is 15.3. The van der Waals surface area contributed by atoms with Gasteiger partial charge in [-0.3, -0.25) is 4.79 Å². The maximum Gasteiger partial charge on any atom is 0.416 e. The van der Waals surface area contributed by atoms with E-state index in [1.165, 1.54) is 10.4 Å². The van der Waals surface area contributed by atoms with Crippen LogP contribution in [-0.4, -0.2) is 44.9 Å². The van der Waals surface area contributed by atoms with Gasteiger partial charge in [-0.05, 0) is 35.9 Å². The molecule has 0 saturated carbocycles. The number of rotatable bonds is 5. The number of halogens is 3. The Bertz CT molecular complexity index is 970. The fourth-order valence-electron chi connectivity index (χ4n) is 2.92. The van der Waals surface area contributed by atoms with Crippen molar-refractivity contribution < 1.29 is 31.1 Å². The van der Waals surface area contributed by atoms with Crippen LogP contribution in [-0.2, 0) is 27.5 Å². The van der Waals surface area contributed by atoms with E-state index in [0.29, 0.717) is 18.8 Å². The summed E-state index contributed by atoms with van der Waals surface area (Å²) in [5.41, 5.74) is -0.415. The van der Waals surface area contributed by atoms with Gasteiger partial charge in [0.05, 0.1) is 23.7 Å². The third-order valence-electron chi connectivity index (χ3n) is 4.47. The lowest BCUT2D eigenvalue weighted by molar-refractivity contribution is -0.137. The van der Waals surface area contributed by atoms with Crippen LogP contribution >= 0.6 is 0 Å². The number of carbonyl (C=O) groups is 1. The van der Waals surface area contributed by atoms with Crippen molar-refractivity contribution in [3.63, 3.8) is 0 Å². The zero-order valence-corrected chi connectivity index (χ0v) is 16.1. The molecule has 0 unspecified atom stereocenters. The average Bonchev–Trinajstić information content (AvgIpc) is 2.72. The first kappa shape index (κ1) is 21.3. The summed E-state index contributed by atoms with van der Waals surface area (Å²) in [6.07, 6.45) is -4.48. The summed E-state index contributed by atoms with van der Waals surface area (Å²) in [5.74, 6) is -0.600. The molecule has 10 heteroatoms. The Morgan fingerprint density at radius 1 is 1.03 bits per heavy atom. The molecule has 0 aromatic heterocycles. The first-order valence-corrected chi connectivity index (χ1v) is 10.2. The lowest BCUT2D eigenvalue weighted by atomic mass is 10.1. The van der Waals surface area contributed by atoms with Crippen molar-refractivity contribution in [1.29, 1.82) is 0 Å². The van der Waals surface area contributed by atoms with Crippen molar-refractivity contribution in [3.05, 3.63) is 65.2 Å². The standard InChI is InChI=1S/C19H19F3N2O4S/c20-19(21,22)16-7-5-14(6-8-16)18(25)23-13-15-3-1-2-4-17(15)29(26,27)24-9-11-28-12-10-24/h1-8H,9-13H2,(H,23,25). The number of hydrogen-bond donors (Lipinski definition) is 1. The Morgan fingerprint density at radius 3 is 2.28 bits per heavy atom. The lowest BCUT2D eigenvalue weighted by Gasteiger charge is -2.27. The smallest absolute Gasteiger partial charge is 0.379 e. The van der Waals surface area contributed by atoms with Gasteiger partial charge in [0.2, 0.25) is 10.0 Å². The molecule has 1 aliphatic heterocycles. The Balaban J connectivity index is 1.74. The quantitative estimate of drug-likeness (QED) is 0.795. The number of amides is 1. The van der Waals surface area contributed by atoms with Gasteiger partial charge in [0.1, 0.15) is 0 Å². The summed E-state index contributed by atoms with van der Waals surface area (Å²) < 4.78 is 70.2. The Labute approximate surface area is 166 Å². The summed E-state index contributed by atoms with van der Waals surface area (Å²) in [4.78, 5) is 12.4. The molecule has 0 spiro atoms. The maximum absolute atomic E-state index is 12.9. The highest BCUT2D eigenvalue weighted by Gasteiger charge is 2.30. The van der Waals surface area contributed by atoms with E-state index in [1.807, 2.05) is 0 Å². The molecule has 6 nitrogen and oxygen atoms in total. The second-order valence-electron chi connectivity index (χ2n) is 6.38. The molecule has 2 aromatic rings. The molecular weight excluding hydrogens is 409 g/mol. The molecule has 0 bridgehead atoms. The molecule has 1 heterocycles. The molecule has 156 valence electrons. The zero-order chi connectivity index (χ0) is 21.1. The summed E-state index contributed by atoms with van der Waals surface area (Å²) in [6, 6.07) is 10.1. The van der Waals surface area contributed by atoms with E-state index in [4.69, 9.17) is 4.74 Å². The number of morpholine rings is 1. The molecule has 29 heavy (non-hydrogen) atoms. The third kappa shape index (κ3) is 4.95. The summed E-state index contributed by atoms with van der Waals surface area (Å²) in [6.45, 7) is 1.03. The van der Waals surface area contributed by atoms with E-state index in [9.17, 15) is 26.4 Å². The minimum atomic E-state index is -4.48. The lowest BCUT2D eigenvalue weighted by Crippen LogP contribution is -2.41. The van der Waals surface area contributed by atoms with Crippen LogP contribution in [0.4, 0.5) is 13.2 Å². The van der Waals surface area contributed by atoms with Gasteiger partial charge in [-0.25, -0.2) is 8.42 Å². The van der Waals surface area contributed by atoms with E-state index < -0.39 is 27.7 Å². The van der Waals surface area contributed by atoms with Gasteiger partial charge in [0, 0.05) is 25.2 Å². The number of sulfonamides is 1. The highest BCUT2D eigenvalue weighted by molar-refractivity contribution is 7.89. The van der Waals surface area contributed by atoms with Crippen LogP contribution in [0.3, 0.4) is 0 Å². The fraction of sp³-hybridized carbons (Fsp3) is 0.316. The van der Waals surface area contributed by atoms with Gasteiger partial charge in [0.15, 0.2) is 0 Å². The van der Waals surface area contributed by atoms with Crippen molar-refractivity contribution in [3.8, 4) is 0 Å². The third-order valence-corrected chi connectivity index (χ3v) is 6.47. The Morgan fingerprint density at radius 2 is 1.66 bits per heavy atom. The fourth-order valence-corrected chi connectivity index (χ4v) is 4.55. The van der Waals surface area contributed by atoms with Crippen LogP contribution < -0.4 is 5.32 Å². The number of carbonyl (C=O) groups excluding carboxylic acids is 1. The van der Waals surface area contributed by atoms with Crippen molar-refractivity contribution in [2.45, 2.75) is 17.6 Å². The van der Waals surface area contributed by atoms with E-state index in [-0.39, 0.29) is 30.1 Å². The van der Waals surface area contributed by atoms with Crippen LogP contribution in [0.15, 0.2) is 53.4 Å². The predicted octanol–water partition coefficient (Wildman–Crippen LogP) is 2.66. The Hall–Kier alpha value is -2.43. The highest BCUT2D eigenvalue weighted by atomic mass is 32.2. The normalized spacial score (nSPS) is 15.8. The van der Waals surface area contributed by atoms with Crippen molar-refractivity contribution >= 4 is 15.9 Å². The van der Waals surface area contributed by atoms with Gasteiger partial charge in [-0.1, -0.05) is 18.2 Å². The van der Waals surface area contributed by atoms with Crippen LogP contribution in [0, 0.1) is 0 Å². The number of ether oxygens (including phenoxy) is 1. The molecule has 2 aromatic carbocycles. The van der Waals surface area contributed by atoms with Gasteiger partial charge in [-0.2, -0.15) is 17.5 Å².